The van der Waals surface area contributed by atoms with Crippen LogP contribution >= 0.6 is 23.2 Å². The van der Waals surface area contributed by atoms with E-state index in [1.165, 1.54) is 12.5 Å². The summed E-state index contributed by atoms with van der Waals surface area (Å²) >= 11 is 12.0. The molecule has 3 saturated carbocycles. The van der Waals surface area contributed by atoms with Crippen LogP contribution in [0.5, 0.6) is 0 Å². The zero-order valence-corrected chi connectivity index (χ0v) is 20.5. The molecule has 0 aromatic heterocycles. The second-order valence-electron chi connectivity index (χ2n) is 10.4. The van der Waals surface area contributed by atoms with Crippen molar-refractivity contribution in [1.29, 1.82) is 0 Å². The quantitative estimate of drug-likeness (QED) is 0.575. The van der Waals surface area contributed by atoms with Gasteiger partial charge in [-0.05, 0) is 60.6 Å². The lowest BCUT2D eigenvalue weighted by molar-refractivity contribution is -0.150. The molecule has 2 bridgehead atoms. The summed E-state index contributed by atoms with van der Waals surface area (Å²) in [7, 11) is -0.468. The molecular formula is C23H31BCl2N2O4. The molecule has 3 aliphatic carbocycles. The van der Waals surface area contributed by atoms with Crippen LogP contribution in [0, 0.1) is 23.2 Å². The summed E-state index contributed by atoms with van der Waals surface area (Å²) in [6.07, 6.45) is 3.14. The van der Waals surface area contributed by atoms with Gasteiger partial charge in [-0.2, -0.15) is 0 Å². The van der Waals surface area contributed by atoms with Gasteiger partial charge < -0.3 is 19.9 Å². The smallest absolute Gasteiger partial charge is 0.404 e. The second kappa shape index (κ2) is 9.17. The minimum atomic E-state index is -0.468. The first-order valence-corrected chi connectivity index (χ1v) is 12.2. The summed E-state index contributed by atoms with van der Waals surface area (Å²) in [5, 5.41) is 6.32. The van der Waals surface area contributed by atoms with E-state index in [9.17, 15) is 9.59 Å². The maximum atomic E-state index is 12.7. The summed E-state index contributed by atoms with van der Waals surface area (Å²) in [5.41, 5.74) is 0.529. The Morgan fingerprint density at radius 1 is 1.22 bits per heavy atom. The highest BCUT2D eigenvalue weighted by molar-refractivity contribution is 6.47. The molecule has 1 aromatic carbocycles. The van der Waals surface area contributed by atoms with E-state index >= 15 is 0 Å². The number of nitrogens with one attached hydrogen (secondary N) is 2. The second-order valence-corrected chi connectivity index (χ2v) is 11.2. The van der Waals surface area contributed by atoms with Gasteiger partial charge in [-0.1, -0.05) is 50.9 Å². The van der Waals surface area contributed by atoms with Crippen molar-refractivity contribution < 1.29 is 18.9 Å². The zero-order valence-electron chi connectivity index (χ0n) is 19.0. The molecule has 1 aromatic rings. The van der Waals surface area contributed by atoms with Gasteiger partial charge in [0.2, 0.25) is 5.91 Å². The largest absolute Gasteiger partial charge is 0.481 e. The number of amides is 2. The minimum absolute atomic E-state index is 0.0937. The van der Waals surface area contributed by atoms with Crippen molar-refractivity contribution in [2.24, 2.45) is 23.2 Å². The van der Waals surface area contributed by atoms with Crippen LogP contribution in [-0.4, -0.2) is 43.6 Å². The monoisotopic (exact) mass is 480 g/mol. The summed E-state index contributed by atoms with van der Waals surface area (Å²) in [5.74, 6) is 0.514. The number of halogens is 2. The normalized spacial score (nSPS) is 28.7. The van der Waals surface area contributed by atoms with Gasteiger partial charge in [-0.3, -0.25) is 9.59 Å². The van der Waals surface area contributed by atoms with Gasteiger partial charge in [0.1, 0.15) is 0 Å². The molecule has 1 heterocycles. The van der Waals surface area contributed by atoms with Crippen molar-refractivity contribution in [1.82, 2.24) is 10.6 Å². The zero-order chi connectivity index (χ0) is 23.2. The molecule has 32 heavy (non-hydrogen) atoms. The third-order valence-electron chi connectivity index (χ3n) is 7.41. The van der Waals surface area contributed by atoms with E-state index in [0.717, 1.165) is 12.8 Å². The van der Waals surface area contributed by atoms with E-state index in [1.54, 1.807) is 12.1 Å². The van der Waals surface area contributed by atoms with E-state index in [4.69, 9.17) is 32.5 Å². The molecule has 5 rings (SSSR count). The topological polar surface area (TPSA) is 76.7 Å². The predicted molar refractivity (Wildman–Crippen MR) is 126 cm³/mol. The van der Waals surface area contributed by atoms with E-state index in [1.807, 2.05) is 0 Å². The molecule has 1 aliphatic heterocycles. The fraction of sp³-hybridized carbons (Fsp3) is 0.652. The van der Waals surface area contributed by atoms with Crippen molar-refractivity contribution in [3.05, 3.63) is 33.8 Å². The van der Waals surface area contributed by atoms with Crippen LogP contribution in [-0.2, 0) is 14.1 Å². The number of carbonyl (C=O) groups is 2. The van der Waals surface area contributed by atoms with Gasteiger partial charge in [0.15, 0.2) is 0 Å². The Hall–Kier alpha value is -1.28. The highest BCUT2D eigenvalue weighted by Crippen LogP contribution is 2.61. The maximum Gasteiger partial charge on any atom is 0.481 e. The lowest BCUT2D eigenvalue weighted by Crippen LogP contribution is -2.59. The van der Waals surface area contributed by atoms with E-state index in [2.05, 4.69) is 38.3 Å². The van der Waals surface area contributed by atoms with Crippen molar-refractivity contribution in [2.45, 2.75) is 65.1 Å². The third kappa shape index (κ3) is 4.67. The highest BCUT2D eigenvalue weighted by atomic mass is 35.5. The van der Waals surface area contributed by atoms with Crippen LogP contribution < -0.4 is 10.6 Å². The molecule has 4 aliphatic rings. The van der Waals surface area contributed by atoms with Crippen LogP contribution in [0.3, 0.4) is 0 Å². The van der Waals surface area contributed by atoms with Gasteiger partial charge in [0.25, 0.3) is 5.91 Å². The number of hydrogen-bond acceptors (Lipinski definition) is 4. The Morgan fingerprint density at radius 2 is 1.97 bits per heavy atom. The molecule has 6 nitrogen and oxygen atoms in total. The molecule has 9 heteroatoms. The number of carbonyl (C=O) groups excluding carboxylic acids is 2. The molecule has 0 unspecified atom stereocenters. The molecule has 2 N–H and O–H groups in total. The molecule has 5 atom stereocenters. The Balaban J connectivity index is 1.35. The van der Waals surface area contributed by atoms with Crippen LogP contribution in [0.1, 0.15) is 57.3 Å². The Bertz CT molecular complexity index is 897. The summed E-state index contributed by atoms with van der Waals surface area (Å²) in [6.45, 7) is 8.67. The first kappa shape index (κ1) is 23.9. The van der Waals surface area contributed by atoms with Gasteiger partial charge in [-0.25, -0.2) is 0 Å². The van der Waals surface area contributed by atoms with Gasteiger partial charge in [0, 0.05) is 5.02 Å². The van der Waals surface area contributed by atoms with Gasteiger partial charge in [0.05, 0.1) is 35.3 Å². The Morgan fingerprint density at radius 3 is 2.66 bits per heavy atom. The molecule has 2 amide bonds. The first-order valence-electron chi connectivity index (χ1n) is 11.4. The average Bonchev–Trinajstić information content (AvgIpc) is 3.17. The van der Waals surface area contributed by atoms with Crippen LogP contribution in [0.15, 0.2) is 18.2 Å². The summed E-state index contributed by atoms with van der Waals surface area (Å²) < 4.78 is 12.7. The maximum absolute atomic E-state index is 12.7. The average molecular weight is 481 g/mol. The molecule has 1 saturated heterocycles. The highest BCUT2D eigenvalue weighted by Gasteiger charge is 2.62. The van der Waals surface area contributed by atoms with Crippen molar-refractivity contribution >= 4 is 42.1 Å². The van der Waals surface area contributed by atoms with E-state index < -0.39 is 13.0 Å². The fourth-order valence-corrected chi connectivity index (χ4v) is 5.86. The number of benzene rings is 1. The van der Waals surface area contributed by atoms with E-state index in [-0.39, 0.29) is 41.2 Å². The molecule has 0 radical (unpaired) electrons. The Labute approximate surface area is 200 Å². The van der Waals surface area contributed by atoms with Crippen molar-refractivity contribution in [3.63, 3.8) is 0 Å². The van der Waals surface area contributed by atoms with E-state index in [0.29, 0.717) is 28.2 Å². The van der Waals surface area contributed by atoms with Crippen LogP contribution in [0.2, 0.25) is 10.0 Å². The number of hydrogen-bond donors (Lipinski definition) is 2. The standard InChI is InChI=1S/C23H31BCl2N2O4/c1-12(2)7-19(24-31-18-9-13-8-16(21(18)32-24)23(13,3)4)28-20(29)11-27-22(30)15-10-14(25)5-6-17(15)26/h5-6,10,12-13,16,18-19,21H,7-9,11H2,1-4H3,(H,27,30)(H,28,29)/t13-,16+,18+,19-,21-/m0/s1. The number of rotatable bonds is 7. The predicted octanol–water partition coefficient (Wildman–Crippen LogP) is 4.13. The molecule has 174 valence electrons. The lowest BCUT2D eigenvalue weighted by atomic mass is 9.47. The van der Waals surface area contributed by atoms with Crippen molar-refractivity contribution in [3.8, 4) is 0 Å². The van der Waals surface area contributed by atoms with Gasteiger partial charge >= 0.3 is 7.12 Å². The molecule has 0 spiro atoms. The lowest BCUT2D eigenvalue weighted by Gasteiger charge is -2.60. The third-order valence-corrected chi connectivity index (χ3v) is 7.97. The minimum Gasteiger partial charge on any atom is -0.404 e. The summed E-state index contributed by atoms with van der Waals surface area (Å²) in [4.78, 5) is 25.1. The van der Waals surface area contributed by atoms with Crippen LogP contribution in [0.25, 0.3) is 0 Å². The Kier molecular flexibility index (Phi) is 6.84. The SMILES string of the molecule is CC(C)C[C@H](NC(=O)CNC(=O)c1cc(Cl)ccc1Cl)B1O[C@H]2[C@H]3C[C@@H](C[C@H]2O1)C3(C)C. The fourth-order valence-electron chi connectivity index (χ4n) is 5.48. The molecule has 4 fully saturated rings. The summed E-state index contributed by atoms with van der Waals surface area (Å²) in [6, 6.07) is 4.64. The van der Waals surface area contributed by atoms with Crippen molar-refractivity contribution in [2.75, 3.05) is 6.54 Å². The van der Waals surface area contributed by atoms with Crippen LogP contribution in [0.4, 0.5) is 0 Å². The van der Waals surface area contributed by atoms with Gasteiger partial charge in [-0.15, -0.1) is 0 Å². The molecular weight excluding hydrogens is 450 g/mol. The first-order chi connectivity index (χ1) is 15.1.